The summed E-state index contributed by atoms with van der Waals surface area (Å²) in [5, 5.41) is 9.39. The topological polar surface area (TPSA) is 66.8 Å². The van der Waals surface area contributed by atoms with Crippen LogP contribution < -0.4 is 9.64 Å². The minimum absolute atomic E-state index is 0.0649. The van der Waals surface area contributed by atoms with Gasteiger partial charge in [-0.15, -0.1) is 0 Å². The number of carbonyl (C=O) groups is 2. The van der Waals surface area contributed by atoms with E-state index in [1.807, 2.05) is 48.5 Å². The molecule has 0 aliphatic carbocycles. The van der Waals surface area contributed by atoms with Crippen molar-refractivity contribution in [2.75, 3.05) is 18.6 Å². The predicted octanol–water partition coefficient (Wildman–Crippen LogP) is 5.92. The van der Waals surface area contributed by atoms with Crippen LogP contribution in [0, 0.1) is 0 Å². The molecule has 31 heavy (non-hydrogen) atoms. The standard InChI is InChI=1S/C25H24ClNO4/c1-31-23-17-21(13-14-22(23)18-8-3-2-4-9-18)27(15-6-5-12-24(28)29)25(30)19-10-7-11-20(26)16-19/h2-4,7-11,13-14,16-17H,5-6,12,15H2,1H3,(H,28,29). The number of anilines is 1. The van der Waals surface area contributed by atoms with E-state index in [1.54, 1.807) is 36.3 Å². The van der Waals surface area contributed by atoms with Crippen molar-refractivity contribution in [3.63, 3.8) is 0 Å². The van der Waals surface area contributed by atoms with Crippen LogP contribution in [0.15, 0.2) is 72.8 Å². The third kappa shape index (κ3) is 5.86. The van der Waals surface area contributed by atoms with Crippen molar-refractivity contribution < 1.29 is 19.4 Å². The Balaban J connectivity index is 1.94. The zero-order valence-corrected chi connectivity index (χ0v) is 18.0. The first-order valence-corrected chi connectivity index (χ1v) is 10.4. The maximum atomic E-state index is 13.3. The van der Waals surface area contributed by atoms with Crippen molar-refractivity contribution in [3.8, 4) is 16.9 Å². The third-order valence-electron chi connectivity index (χ3n) is 4.92. The van der Waals surface area contributed by atoms with Crippen molar-refractivity contribution >= 4 is 29.2 Å². The van der Waals surface area contributed by atoms with Gasteiger partial charge in [0.1, 0.15) is 5.75 Å². The maximum absolute atomic E-state index is 13.3. The quantitative estimate of drug-likeness (QED) is 0.422. The lowest BCUT2D eigenvalue weighted by atomic mass is 10.0. The molecule has 3 aromatic carbocycles. The summed E-state index contributed by atoms with van der Waals surface area (Å²) in [4.78, 5) is 25.8. The first kappa shape index (κ1) is 22.4. The van der Waals surface area contributed by atoms with Gasteiger partial charge < -0.3 is 14.7 Å². The number of amides is 1. The van der Waals surface area contributed by atoms with E-state index in [0.29, 0.717) is 41.4 Å². The number of carboxylic acids is 1. The smallest absolute Gasteiger partial charge is 0.303 e. The molecule has 0 spiro atoms. The zero-order valence-electron chi connectivity index (χ0n) is 17.3. The second-order valence-corrected chi connectivity index (χ2v) is 7.51. The van der Waals surface area contributed by atoms with Gasteiger partial charge in [0.15, 0.2) is 0 Å². The van der Waals surface area contributed by atoms with Crippen LogP contribution in [0.25, 0.3) is 11.1 Å². The highest BCUT2D eigenvalue weighted by atomic mass is 35.5. The molecule has 3 rings (SSSR count). The average molecular weight is 438 g/mol. The second-order valence-electron chi connectivity index (χ2n) is 7.07. The molecule has 0 saturated heterocycles. The summed E-state index contributed by atoms with van der Waals surface area (Å²) in [5.74, 6) is -0.396. The van der Waals surface area contributed by atoms with Crippen LogP contribution in [0.3, 0.4) is 0 Å². The van der Waals surface area contributed by atoms with Crippen molar-refractivity contribution in [2.45, 2.75) is 19.3 Å². The molecule has 0 unspecified atom stereocenters. The highest BCUT2D eigenvalue weighted by molar-refractivity contribution is 6.31. The Morgan fingerprint density at radius 2 is 1.74 bits per heavy atom. The molecule has 0 bridgehead atoms. The maximum Gasteiger partial charge on any atom is 0.303 e. The third-order valence-corrected chi connectivity index (χ3v) is 5.16. The van der Waals surface area contributed by atoms with Crippen molar-refractivity contribution in [1.29, 1.82) is 0 Å². The van der Waals surface area contributed by atoms with Gasteiger partial charge in [-0.3, -0.25) is 9.59 Å². The number of carbonyl (C=O) groups excluding carboxylic acids is 1. The van der Waals surface area contributed by atoms with Gasteiger partial charge in [-0.05, 0) is 48.7 Å². The Hall–Kier alpha value is -3.31. The molecule has 5 nitrogen and oxygen atoms in total. The molecule has 1 N–H and O–H groups in total. The molecule has 0 saturated carbocycles. The molecular formula is C25H24ClNO4. The fraction of sp³-hybridized carbons (Fsp3) is 0.200. The lowest BCUT2D eigenvalue weighted by Gasteiger charge is -2.24. The van der Waals surface area contributed by atoms with E-state index in [0.717, 1.165) is 11.1 Å². The first-order valence-electron chi connectivity index (χ1n) is 10.0. The molecule has 0 fully saturated rings. The number of hydrogen-bond donors (Lipinski definition) is 1. The van der Waals surface area contributed by atoms with Gasteiger partial charge in [-0.1, -0.05) is 48.0 Å². The van der Waals surface area contributed by atoms with Gasteiger partial charge in [-0.2, -0.15) is 0 Å². The van der Waals surface area contributed by atoms with Gasteiger partial charge in [0, 0.05) is 40.9 Å². The summed E-state index contributed by atoms with van der Waals surface area (Å²) in [6, 6.07) is 22.3. The van der Waals surface area contributed by atoms with Crippen LogP contribution in [-0.4, -0.2) is 30.6 Å². The molecule has 0 radical (unpaired) electrons. The van der Waals surface area contributed by atoms with Gasteiger partial charge in [0.05, 0.1) is 7.11 Å². The monoisotopic (exact) mass is 437 g/mol. The summed E-state index contributed by atoms with van der Waals surface area (Å²) >= 11 is 6.08. The van der Waals surface area contributed by atoms with E-state index in [1.165, 1.54) is 0 Å². The summed E-state index contributed by atoms with van der Waals surface area (Å²) in [7, 11) is 1.60. The van der Waals surface area contributed by atoms with Crippen LogP contribution in [0.1, 0.15) is 29.6 Å². The summed E-state index contributed by atoms with van der Waals surface area (Å²) < 4.78 is 5.62. The number of aliphatic carboxylic acids is 1. The normalized spacial score (nSPS) is 10.5. The van der Waals surface area contributed by atoms with Crippen LogP contribution in [-0.2, 0) is 4.79 Å². The summed E-state index contributed by atoms with van der Waals surface area (Å²) in [6.45, 7) is 0.381. The van der Waals surface area contributed by atoms with Gasteiger partial charge in [0.25, 0.3) is 5.91 Å². The molecule has 3 aromatic rings. The van der Waals surface area contributed by atoms with E-state index < -0.39 is 5.97 Å². The fourth-order valence-corrected chi connectivity index (χ4v) is 3.57. The lowest BCUT2D eigenvalue weighted by Crippen LogP contribution is -2.32. The number of methoxy groups -OCH3 is 1. The van der Waals surface area contributed by atoms with Gasteiger partial charge in [0.2, 0.25) is 0 Å². The Labute approximate surface area is 186 Å². The largest absolute Gasteiger partial charge is 0.496 e. The average Bonchev–Trinajstić information content (AvgIpc) is 2.78. The molecule has 0 atom stereocenters. The van der Waals surface area contributed by atoms with E-state index in [9.17, 15) is 9.59 Å². The van der Waals surface area contributed by atoms with Gasteiger partial charge >= 0.3 is 5.97 Å². The first-order chi connectivity index (χ1) is 15.0. The number of halogens is 1. The Morgan fingerprint density at radius 3 is 2.42 bits per heavy atom. The van der Waals surface area contributed by atoms with E-state index in [-0.39, 0.29) is 12.3 Å². The minimum Gasteiger partial charge on any atom is -0.496 e. The Morgan fingerprint density at radius 1 is 0.968 bits per heavy atom. The molecule has 0 aromatic heterocycles. The van der Waals surface area contributed by atoms with Crippen LogP contribution in [0.2, 0.25) is 5.02 Å². The number of rotatable bonds is 9. The summed E-state index contributed by atoms with van der Waals surface area (Å²) in [5.41, 5.74) is 3.08. The lowest BCUT2D eigenvalue weighted by molar-refractivity contribution is -0.137. The Kier molecular flexibility index (Phi) is 7.68. The molecule has 1 amide bonds. The van der Waals surface area contributed by atoms with E-state index in [4.69, 9.17) is 21.4 Å². The molecule has 0 aliphatic rings. The molecule has 6 heteroatoms. The number of carboxylic acid groups (broad SMARTS) is 1. The molecule has 160 valence electrons. The predicted molar refractivity (Wildman–Crippen MR) is 123 cm³/mol. The minimum atomic E-state index is -0.846. The SMILES string of the molecule is COc1cc(N(CCCCC(=O)O)C(=O)c2cccc(Cl)c2)ccc1-c1ccccc1. The number of ether oxygens (including phenoxy) is 1. The molecule has 0 heterocycles. The Bertz CT molecular complexity index is 1050. The number of hydrogen-bond acceptors (Lipinski definition) is 3. The molecule has 0 aliphatic heterocycles. The second kappa shape index (κ2) is 10.6. The molecular weight excluding hydrogens is 414 g/mol. The number of nitrogens with zero attached hydrogens (tertiary/aromatic N) is 1. The summed E-state index contributed by atoms with van der Waals surface area (Å²) in [6.07, 6.45) is 1.10. The van der Waals surface area contributed by atoms with Crippen molar-refractivity contribution in [3.05, 3.63) is 83.4 Å². The van der Waals surface area contributed by atoms with E-state index >= 15 is 0 Å². The van der Waals surface area contributed by atoms with Crippen molar-refractivity contribution in [1.82, 2.24) is 0 Å². The van der Waals surface area contributed by atoms with Crippen LogP contribution >= 0.6 is 11.6 Å². The van der Waals surface area contributed by atoms with Gasteiger partial charge in [-0.25, -0.2) is 0 Å². The highest BCUT2D eigenvalue weighted by Gasteiger charge is 2.20. The van der Waals surface area contributed by atoms with Crippen molar-refractivity contribution in [2.24, 2.45) is 0 Å². The fourth-order valence-electron chi connectivity index (χ4n) is 3.38. The highest BCUT2D eigenvalue weighted by Crippen LogP contribution is 2.34. The van der Waals surface area contributed by atoms with Crippen LogP contribution in [0.5, 0.6) is 5.75 Å². The zero-order chi connectivity index (χ0) is 22.2. The van der Waals surface area contributed by atoms with E-state index in [2.05, 4.69) is 0 Å². The van der Waals surface area contributed by atoms with Crippen LogP contribution in [0.4, 0.5) is 5.69 Å². The number of unbranched alkanes of at least 4 members (excludes halogenated alkanes) is 1. The number of benzene rings is 3.